The zero-order valence-corrected chi connectivity index (χ0v) is 12.3. The summed E-state index contributed by atoms with van der Waals surface area (Å²) in [6.07, 6.45) is 5.37. The van der Waals surface area contributed by atoms with Crippen LogP contribution in [0.25, 0.3) is 0 Å². The maximum atomic E-state index is 4.46. The number of unbranched alkanes of at least 4 members (excludes halogenated alkanes) is 2. The largest absolute Gasteiger partial charge is 0.373 e. The summed E-state index contributed by atoms with van der Waals surface area (Å²) in [6, 6.07) is 0. The number of hydrogen-bond donors (Lipinski definition) is 1. The minimum absolute atomic E-state index is 0.414. The molecule has 102 valence electrons. The zero-order valence-electron chi connectivity index (χ0n) is 12.3. The third-order valence-electron chi connectivity index (χ3n) is 3.14. The molecule has 0 bridgehead atoms. The Morgan fingerprint density at radius 1 is 1.28 bits per heavy atom. The fourth-order valence-electron chi connectivity index (χ4n) is 2.13. The van der Waals surface area contributed by atoms with Gasteiger partial charge in [0.1, 0.15) is 18.0 Å². The molecule has 1 aromatic rings. The van der Waals surface area contributed by atoms with Gasteiger partial charge in [-0.25, -0.2) is 9.97 Å². The van der Waals surface area contributed by atoms with E-state index in [1.165, 1.54) is 24.8 Å². The van der Waals surface area contributed by atoms with Crippen LogP contribution in [0.4, 0.5) is 11.6 Å². The molecule has 1 heterocycles. The van der Waals surface area contributed by atoms with Crippen LogP contribution in [0, 0.1) is 0 Å². The Bertz CT molecular complexity index is 363. The molecule has 0 aliphatic heterocycles. The fourth-order valence-corrected chi connectivity index (χ4v) is 2.13. The van der Waals surface area contributed by atoms with E-state index in [1.807, 2.05) is 7.05 Å². The first-order valence-corrected chi connectivity index (χ1v) is 6.85. The number of nitrogens with zero attached hydrogens (tertiary/aromatic N) is 3. The van der Waals surface area contributed by atoms with Crippen LogP contribution in [-0.4, -0.2) is 30.6 Å². The molecule has 0 atom stereocenters. The van der Waals surface area contributed by atoms with Gasteiger partial charge < -0.3 is 10.2 Å². The lowest BCUT2D eigenvalue weighted by Crippen LogP contribution is -2.22. The number of rotatable bonds is 7. The Morgan fingerprint density at radius 3 is 2.56 bits per heavy atom. The molecule has 4 heteroatoms. The topological polar surface area (TPSA) is 41.1 Å². The second-order valence-corrected chi connectivity index (χ2v) is 4.99. The van der Waals surface area contributed by atoms with Crippen molar-refractivity contribution in [2.75, 3.05) is 30.9 Å². The standard InChI is InChI=1S/C14H26N4/c1-6-7-8-9-18(5)14-12(11(2)3)13(15-4)16-10-17-14/h10-11H,6-9H2,1-5H3,(H,15,16,17). The van der Waals surface area contributed by atoms with Gasteiger partial charge in [-0.05, 0) is 12.3 Å². The Hall–Kier alpha value is -1.32. The van der Waals surface area contributed by atoms with Gasteiger partial charge in [0.2, 0.25) is 0 Å². The summed E-state index contributed by atoms with van der Waals surface area (Å²) in [5.41, 5.74) is 1.21. The third-order valence-corrected chi connectivity index (χ3v) is 3.14. The van der Waals surface area contributed by atoms with Gasteiger partial charge in [-0.1, -0.05) is 33.6 Å². The normalized spacial score (nSPS) is 10.8. The minimum Gasteiger partial charge on any atom is -0.373 e. The van der Waals surface area contributed by atoms with Crippen molar-refractivity contribution < 1.29 is 0 Å². The van der Waals surface area contributed by atoms with E-state index in [9.17, 15) is 0 Å². The Morgan fingerprint density at radius 2 is 2.00 bits per heavy atom. The first kappa shape index (κ1) is 14.7. The van der Waals surface area contributed by atoms with Crippen molar-refractivity contribution in [3.05, 3.63) is 11.9 Å². The van der Waals surface area contributed by atoms with Crippen LogP contribution >= 0.6 is 0 Å². The van der Waals surface area contributed by atoms with Gasteiger partial charge >= 0.3 is 0 Å². The van der Waals surface area contributed by atoms with Gasteiger partial charge in [0.15, 0.2) is 0 Å². The molecular formula is C14H26N4. The zero-order chi connectivity index (χ0) is 13.5. The number of aromatic nitrogens is 2. The van der Waals surface area contributed by atoms with Crippen LogP contribution in [0.15, 0.2) is 6.33 Å². The van der Waals surface area contributed by atoms with Crippen LogP contribution in [0.2, 0.25) is 0 Å². The van der Waals surface area contributed by atoms with Crippen LogP contribution in [0.5, 0.6) is 0 Å². The lowest BCUT2D eigenvalue weighted by atomic mass is 10.0. The summed E-state index contributed by atoms with van der Waals surface area (Å²) in [6.45, 7) is 7.64. The Labute approximate surface area is 111 Å². The third kappa shape index (κ3) is 3.59. The average Bonchev–Trinajstić information content (AvgIpc) is 2.37. The monoisotopic (exact) mass is 250 g/mol. The van der Waals surface area contributed by atoms with Crippen LogP contribution in [0.1, 0.15) is 51.5 Å². The lowest BCUT2D eigenvalue weighted by molar-refractivity contribution is 0.695. The molecule has 1 aromatic heterocycles. The molecule has 18 heavy (non-hydrogen) atoms. The van der Waals surface area contributed by atoms with Crippen LogP contribution in [0.3, 0.4) is 0 Å². The number of anilines is 2. The van der Waals surface area contributed by atoms with E-state index in [0.29, 0.717) is 5.92 Å². The predicted molar refractivity (Wildman–Crippen MR) is 78.5 cm³/mol. The molecule has 0 fully saturated rings. The summed E-state index contributed by atoms with van der Waals surface area (Å²) < 4.78 is 0. The van der Waals surface area contributed by atoms with Crippen LogP contribution in [-0.2, 0) is 0 Å². The summed E-state index contributed by atoms with van der Waals surface area (Å²) >= 11 is 0. The highest BCUT2D eigenvalue weighted by Crippen LogP contribution is 2.30. The van der Waals surface area contributed by atoms with Gasteiger partial charge in [-0.2, -0.15) is 0 Å². The summed E-state index contributed by atoms with van der Waals surface area (Å²) in [4.78, 5) is 11.0. The highest BCUT2D eigenvalue weighted by Gasteiger charge is 2.16. The molecular weight excluding hydrogens is 224 g/mol. The van der Waals surface area contributed by atoms with Crippen molar-refractivity contribution in [3.8, 4) is 0 Å². The van der Waals surface area contributed by atoms with Gasteiger partial charge in [-0.15, -0.1) is 0 Å². The van der Waals surface area contributed by atoms with Crippen molar-refractivity contribution in [1.29, 1.82) is 0 Å². The quantitative estimate of drug-likeness (QED) is 0.754. The first-order valence-electron chi connectivity index (χ1n) is 6.85. The van der Waals surface area contributed by atoms with E-state index in [1.54, 1.807) is 6.33 Å². The van der Waals surface area contributed by atoms with E-state index < -0.39 is 0 Å². The van der Waals surface area contributed by atoms with Crippen molar-refractivity contribution in [2.45, 2.75) is 46.0 Å². The summed E-state index contributed by atoms with van der Waals surface area (Å²) in [5, 5.41) is 3.16. The molecule has 1 N–H and O–H groups in total. The molecule has 0 radical (unpaired) electrons. The molecule has 0 spiro atoms. The summed E-state index contributed by atoms with van der Waals surface area (Å²) in [5.74, 6) is 2.41. The summed E-state index contributed by atoms with van der Waals surface area (Å²) in [7, 11) is 4.03. The second kappa shape index (κ2) is 7.19. The van der Waals surface area contributed by atoms with E-state index >= 15 is 0 Å². The maximum absolute atomic E-state index is 4.46. The molecule has 1 rings (SSSR count). The molecule has 0 saturated carbocycles. The molecule has 0 aliphatic rings. The van der Waals surface area contributed by atoms with E-state index in [2.05, 4.69) is 48.0 Å². The average molecular weight is 250 g/mol. The van der Waals surface area contributed by atoms with Crippen molar-refractivity contribution >= 4 is 11.6 Å². The Kier molecular flexibility index (Phi) is 5.89. The molecule has 0 unspecified atom stereocenters. The van der Waals surface area contributed by atoms with E-state index in [0.717, 1.165) is 18.2 Å². The number of nitrogens with one attached hydrogen (secondary N) is 1. The fraction of sp³-hybridized carbons (Fsp3) is 0.714. The molecule has 4 nitrogen and oxygen atoms in total. The lowest BCUT2D eigenvalue weighted by Gasteiger charge is -2.24. The molecule has 0 saturated heterocycles. The van der Waals surface area contributed by atoms with Gasteiger partial charge in [0.05, 0.1) is 0 Å². The van der Waals surface area contributed by atoms with Gasteiger partial charge in [-0.3, -0.25) is 0 Å². The maximum Gasteiger partial charge on any atom is 0.137 e. The molecule has 0 aromatic carbocycles. The molecule has 0 amide bonds. The van der Waals surface area contributed by atoms with Crippen molar-refractivity contribution in [1.82, 2.24) is 9.97 Å². The van der Waals surface area contributed by atoms with E-state index in [-0.39, 0.29) is 0 Å². The molecule has 0 aliphatic carbocycles. The van der Waals surface area contributed by atoms with Gasteiger partial charge in [0, 0.05) is 26.2 Å². The highest BCUT2D eigenvalue weighted by atomic mass is 15.2. The Balaban J connectivity index is 2.92. The second-order valence-electron chi connectivity index (χ2n) is 4.99. The van der Waals surface area contributed by atoms with E-state index in [4.69, 9.17) is 0 Å². The highest BCUT2D eigenvalue weighted by molar-refractivity contribution is 5.59. The van der Waals surface area contributed by atoms with Crippen molar-refractivity contribution in [3.63, 3.8) is 0 Å². The van der Waals surface area contributed by atoms with Crippen molar-refractivity contribution in [2.24, 2.45) is 0 Å². The van der Waals surface area contributed by atoms with Crippen LogP contribution < -0.4 is 10.2 Å². The predicted octanol–water partition coefficient (Wildman–Crippen LogP) is 3.27. The SMILES string of the molecule is CCCCCN(C)c1ncnc(NC)c1C(C)C. The van der Waals surface area contributed by atoms with Gasteiger partial charge in [0.25, 0.3) is 0 Å². The first-order chi connectivity index (χ1) is 8.61. The smallest absolute Gasteiger partial charge is 0.137 e. The number of hydrogen-bond acceptors (Lipinski definition) is 4. The minimum atomic E-state index is 0.414.